The summed E-state index contributed by atoms with van der Waals surface area (Å²) < 4.78 is 23.2. The Bertz CT molecular complexity index is 759. The molecule has 6 nitrogen and oxygen atoms in total. The van der Waals surface area contributed by atoms with Crippen molar-refractivity contribution < 1.29 is 24.1 Å². The molecule has 2 saturated heterocycles. The summed E-state index contributed by atoms with van der Waals surface area (Å²) in [6.07, 6.45) is 5.14. The Morgan fingerprint density at radius 1 is 1.11 bits per heavy atom. The number of rotatable bonds is 4. The van der Waals surface area contributed by atoms with E-state index in [9.17, 15) is 5.11 Å². The van der Waals surface area contributed by atoms with E-state index in [1.165, 1.54) is 0 Å². The SMILES string of the molecule is COc1ccc2c(c1OC)[C@@]13CCN(C)[C@@H](C[C@H]1C=C2)C(OC)(OC)[C@H]3O. The molecule has 1 aromatic rings. The average Bonchev–Trinajstić information content (AvgIpc) is 2.90. The van der Waals surface area contributed by atoms with Gasteiger partial charge in [0.1, 0.15) is 6.10 Å². The Morgan fingerprint density at radius 3 is 2.48 bits per heavy atom. The summed E-state index contributed by atoms with van der Waals surface area (Å²) in [6, 6.07) is 3.91. The molecule has 2 heterocycles. The lowest BCUT2D eigenvalue weighted by molar-refractivity contribution is -0.312. The van der Waals surface area contributed by atoms with Gasteiger partial charge in [0.25, 0.3) is 0 Å². The van der Waals surface area contributed by atoms with Crippen LogP contribution < -0.4 is 9.47 Å². The maximum Gasteiger partial charge on any atom is 0.210 e. The molecule has 1 spiro atoms. The number of nitrogens with zero attached hydrogens (tertiary/aromatic N) is 1. The molecule has 0 amide bonds. The molecule has 27 heavy (non-hydrogen) atoms. The van der Waals surface area contributed by atoms with Gasteiger partial charge in [0.05, 0.1) is 20.3 Å². The second-order valence-corrected chi connectivity index (χ2v) is 7.79. The van der Waals surface area contributed by atoms with Crippen molar-refractivity contribution in [1.29, 1.82) is 0 Å². The summed E-state index contributed by atoms with van der Waals surface area (Å²) in [5, 5.41) is 11.8. The molecular weight excluding hydrogens is 346 g/mol. The lowest BCUT2D eigenvalue weighted by atomic mass is 9.54. The van der Waals surface area contributed by atoms with Crippen LogP contribution in [0.15, 0.2) is 18.2 Å². The highest BCUT2D eigenvalue weighted by atomic mass is 16.7. The van der Waals surface area contributed by atoms with Crippen LogP contribution in [0.4, 0.5) is 0 Å². The number of benzene rings is 1. The van der Waals surface area contributed by atoms with Crippen LogP contribution in [0.1, 0.15) is 24.0 Å². The van der Waals surface area contributed by atoms with Gasteiger partial charge in [-0.15, -0.1) is 0 Å². The minimum Gasteiger partial charge on any atom is -0.493 e. The van der Waals surface area contributed by atoms with E-state index < -0.39 is 17.3 Å². The third kappa shape index (κ3) is 2.21. The molecule has 3 fully saturated rings. The van der Waals surface area contributed by atoms with Gasteiger partial charge in [-0.25, -0.2) is 0 Å². The first-order chi connectivity index (χ1) is 13.0. The normalized spacial score (nSPS) is 33.9. The Balaban J connectivity index is 2.03. The van der Waals surface area contributed by atoms with Crippen molar-refractivity contribution >= 4 is 6.08 Å². The monoisotopic (exact) mass is 375 g/mol. The van der Waals surface area contributed by atoms with Gasteiger partial charge in [0.2, 0.25) is 5.79 Å². The molecular formula is C21H29NO5. The molecule has 1 N–H and O–H groups in total. The summed E-state index contributed by atoms with van der Waals surface area (Å²) in [5.74, 6) is 0.423. The van der Waals surface area contributed by atoms with Crippen molar-refractivity contribution in [2.24, 2.45) is 5.92 Å². The molecule has 5 rings (SSSR count). The van der Waals surface area contributed by atoms with Gasteiger partial charge in [-0.05, 0) is 44.0 Å². The van der Waals surface area contributed by atoms with Gasteiger partial charge in [0, 0.05) is 25.2 Å². The quantitative estimate of drug-likeness (QED) is 0.813. The Kier molecular flexibility index (Phi) is 4.50. The lowest BCUT2D eigenvalue weighted by Crippen LogP contribution is -2.69. The number of aliphatic hydroxyl groups is 1. The van der Waals surface area contributed by atoms with E-state index in [1.54, 1.807) is 28.4 Å². The highest BCUT2D eigenvalue weighted by molar-refractivity contribution is 5.69. The van der Waals surface area contributed by atoms with Gasteiger partial charge in [0.15, 0.2) is 11.5 Å². The molecule has 2 bridgehead atoms. The van der Waals surface area contributed by atoms with Gasteiger partial charge >= 0.3 is 0 Å². The number of allylic oxidation sites excluding steroid dienone is 1. The van der Waals surface area contributed by atoms with E-state index in [4.69, 9.17) is 18.9 Å². The molecule has 1 aromatic carbocycles. The fourth-order valence-corrected chi connectivity index (χ4v) is 5.74. The van der Waals surface area contributed by atoms with Crippen LogP contribution in [0, 0.1) is 5.92 Å². The molecule has 2 aliphatic heterocycles. The predicted molar refractivity (Wildman–Crippen MR) is 102 cm³/mol. The number of hydrogen-bond acceptors (Lipinski definition) is 6. The summed E-state index contributed by atoms with van der Waals surface area (Å²) in [6.45, 7) is 0.834. The van der Waals surface area contributed by atoms with Crippen LogP contribution in [-0.4, -0.2) is 70.0 Å². The Hall–Kier alpha value is -1.60. The van der Waals surface area contributed by atoms with Crippen molar-refractivity contribution in [1.82, 2.24) is 4.90 Å². The van der Waals surface area contributed by atoms with Crippen molar-refractivity contribution in [3.05, 3.63) is 29.3 Å². The van der Waals surface area contributed by atoms with Gasteiger partial charge in [-0.3, -0.25) is 4.90 Å². The van der Waals surface area contributed by atoms with Crippen molar-refractivity contribution in [3.8, 4) is 11.5 Å². The summed E-state index contributed by atoms with van der Waals surface area (Å²) in [5.41, 5.74) is 1.47. The van der Waals surface area contributed by atoms with E-state index in [-0.39, 0.29) is 12.0 Å². The molecule has 0 aromatic heterocycles. The number of aliphatic hydroxyl groups excluding tert-OH is 1. The largest absolute Gasteiger partial charge is 0.493 e. The minimum absolute atomic E-state index is 0.0362. The van der Waals surface area contributed by atoms with Crippen LogP contribution in [0.25, 0.3) is 6.08 Å². The standard InChI is InChI=1S/C21H29NO5/c1-22-11-10-20-14(12-16(22)21(26-4,27-5)19(20)23)8-6-13-7-9-15(24-2)18(25-3)17(13)20/h6-9,14,16,19,23H,10-12H2,1-5H3/t14-,16+,19+,20-/m1/s1. The molecule has 4 atom stereocenters. The highest BCUT2D eigenvalue weighted by Gasteiger charge is 2.67. The third-order valence-corrected chi connectivity index (χ3v) is 7.07. The Labute approximate surface area is 160 Å². The maximum atomic E-state index is 11.8. The first-order valence-corrected chi connectivity index (χ1v) is 9.42. The smallest absolute Gasteiger partial charge is 0.210 e. The third-order valence-electron chi connectivity index (χ3n) is 7.07. The summed E-state index contributed by atoms with van der Waals surface area (Å²) in [4.78, 5) is 2.25. The molecule has 0 radical (unpaired) electrons. The average molecular weight is 375 g/mol. The fraction of sp³-hybridized carbons (Fsp3) is 0.619. The van der Waals surface area contributed by atoms with E-state index in [1.807, 2.05) is 12.1 Å². The van der Waals surface area contributed by atoms with E-state index in [0.717, 1.165) is 30.5 Å². The first kappa shape index (κ1) is 18.7. The highest BCUT2D eigenvalue weighted by Crippen LogP contribution is 2.60. The number of ether oxygens (including phenoxy) is 4. The summed E-state index contributed by atoms with van der Waals surface area (Å²) in [7, 11) is 8.61. The van der Waals surface area contributed by atoms with E-state index in [0.29, 0.717) is 11.5 Å². The fourth-order valence-electron chi connectivity index (χ4n) is 5.74. The number of fused-ring (bicyclic) bond motifs is 4. The van der Waals surface area contributed by atoms with Crippen LogP contribution in [0.3, 0.4) is 0 Å². The van der Waals surface area contributed by atoms with Crippen LogP contribution in [-0.2, 0) is 14.9 Å². The van der Waals surface area contributed by atoms with E-state index in [2.05, 4.69) is 24.1 Å². The number of methoxy groups -OCH3 is 4. The van der Waals surface area contributed by atoms with Crippen LogP contribution >= 0.6 is 0 Å². The zero-order chi connectivity index (χ0) is 19.4. The van der Waals surface area contributed by atoms with Crippen molar-refractivity contribution in [3.63, 3.8) is 0 Å². The predicted octanol–water partition coefficient (Wildman–Crippen LogP) is 2.04. The summed E-state index contributed by atoms with van der Waals surface area (Å²) >= 11 is 0. The molecule has 0 unspecified atom stereocenters. The molecule has 6 heteroatoms. The number of hydrogen-bond donors (Lipinski definition) is 1. The topological polar surface area (TPSA) is 60.4 Å². The minimum atomic E-state index is -1.10. The first-order valence-electron chi connectivity index (χ1n) is 9.42. The molecule has 1 saturated carbocycles. The zero-order valence-electron chi connectivity index (χ0n) is 16.7. The number of likely N-dealkylation sites (N-methyl/N-ethyl adjacent to an activating group) is 1. The van der Waals surface area contributed by atoms with Crippen LogP contribution in [0.2, 0.25) is 0 Å². The zero-order valence-corrected chi connectivity index (χ0v) is 16.7. The molecule has 148 valence electrons. The second-order valence-electron chi connectivity index (χ2n) is 7.79. The van der Waals surface area contributed by atoms with Gasteiger partial charge in [-0.1, -0.05) is 18.2 Å². The maximum absolute atomic E-state index is 11.8. The second kappa shape index (κ2) is 6.48. The van der Waals surface area contributed by atoms with Gasteiger partial charge < -0.3 is 24.1 Å². The lowest BCUT2D eigenvalue weighted by Gasteiger charge is -2.57. The van der Waals surface area contributed by atoms with Crippen molar-refractivity contribution in [2.75, 3.05) is 42.0 Å². The Morgan fingerprint density at radius 2 is 1.85 bits per heavy atom. The van der Waals surface area contributed by atoms with Gasteiger partial charge in [-0.2, -0.15) is 0 Å². The molecule has 4 aliphatic rings. The van der Waals surface area contributed by atoms with Crippen molar-refractivity contribution in [2.45, 2.75) is 36.2 Å². The molecule has 2 aliphatic carbocycles. The van der Waals surface area contributed by atoms with Crippen LogP contribution in [0.5, 0.6) is 11.5 Å². The van der Waals surface area contributed by atoms with E-state index >= 15 is 0 Å².